The first kappa shape index (κ1) is 33.3. The van der Waals surface area contributed by atoms with Crippen molar-refractivity contribution in [3.8, 4) is 5.75 Å². The number of carbonyl (C=O) groups excluding carboxylic acids is 1. The van der Waals surface area contributed by atoms with Crippen LogP contribution in [-0.4, -0.2) is 44.5 Å². The lowest BCUT2D eigenvalue weighted by Crippen LogP contribution is -2.41. The molecule has 6 rings (SSSR count). The molecule has 12 heteroatoms. The first-order valence-electron chi connectivity index (χ1n) is 16.5. The van der Waals surface area contributed by atoms with E-state index >= 15 is 0 Å². The first-order valence-corrected chi connectivity index (χ1v) is 16.9. The topological polar surface area (TPSA) is 140 Å². The van der Waals surface area contributed by atoms with E-state index in [-0.39, 0.29) is 18.8 Å². The Morgan fingerprint density at radius 1 is 1.06 bits per heavy atom. The third-order valence-corrected chi connectivity index (χ3v) is 9.22. The zero-order valence-corrected chi connectivity index (χ0v) is 28.3. The van der Waals surface area contributed by atoms with Crippen LogP contribution in [0.4, 0.5) is 16.4 Å². The van der Waals surface area contributed by atoms with Crippen LogP contribution >= 0.6 is 11.6 Å². The van der Waals surface area contributed by atoms with E-state index in [2.05, 4.69) is 37.1 Å². The Morgan fingerprint density at radius 2 is 1.83 bits per heavy atom. The Balaban J connectivity index is 1.17. The second kappa shape index (κ2) is 14.2. The van der Waals surface area contributed by atoms with Crippen LogP contribution in [0, 0.1) is 10.8 Å². The van der Waals surface area contributed by atoms with Gasteiger partial charge in [0.25, 0.3) is 0 Å². The van der Waals surface area contributed by atoms with Gasteiger partial charge in [-0.25, -0.2) is 4.79 Å². The van der Waals surface area contributed by atoms with E-state index < -0.39 is 11.4 Å². The Morgan fingerprint density at radius 3 is 2.58 bits per heavy atom. The van der Waals surface area contributed by atoms with Crippen molar-refractivity contribution in [2.24, 2.45) is 5.41 Å². The summed E-state index contributed by atoms with van der Waals surface area (Å²) < 4.78 is 8.61. The molecule has 3 heterocycles. The number of allylic oxidation sites excluding steroid dienone is 1. The maximum Gasteiger partial charge on any atom is 0.320 e. The van der Waals surface area contributed by atoms with E-state index in [4.69, 9.17) is 21.7 Å². The number of ether oxygens (including phenoxy) is 1. The van der Waals surface area contributed by atoms with Gasteiger partial charge in [0.15, 0.2) is 5.65 Å². The van der Waals surface area contributed by atoms with E-state index in [9.17, 15) is 9.90 Å². The maximum absolute atomic E-state index is 13.5. The van der Waals surface area contributed by atoms with Gasteiger partial charge in [0.1, 0.15) is 17.7 Å². The van der Waals surface area contributed by atoms with E-state index in [1.54, 1.807) is 24.3 Å². The van der Waals surface area contributed by atoms with Crippen molar-refractivity contribution in [3.63, 3.8) is 0 Å². The van der Waals surface area contributed by atoms with Crippen molar-refractivity contribution in [1.82, 2.24) is 25.2 Å². The van der Waals surface area contributed by atoms with Gasteiger partial charge in [-0.05, 0) is 79.1 Å². The molecule has 11 nitrogen and oxygen atoms in total. The Hall–Kier alpha value is -4.61. The number of aliphatic hydroxyl groups is 1. The van der Waals surface area contributed by atoms with Crippen LogP contribution in [0.5, 0.6) is 5.75 Å². The number of aromatic nitrogens is 3. The van der Waals surface area contributed by atoms with Crippen LogP contribution < -0.4 is 25.6 Å². The minimum atomic E-state index is -0.438. The molecule has 2 amide bonds. The van der Waals surface area contributed by atoms with Crippen molar-refractivity contribution < 1.29 is 14.6 Å². The van der Waals surface area contributed by atoms with Crippen LogP contribution in [0.2, 0.25) is 5.02 Å². The number of carbonyl (C=O) groups is 1. The van der Waals surface area contributed by atoms with E-state index in [1.807, 2.05) is 61.7 Å². The summed E-state index contributed by atoms with van der Waals surface area (Å²) in [5, 5.41) is 36.8. The number of fused-ring (bicyclic) bond motifs is 2. The minimum Gasteiger partial charge on any atom is -0.484 e. The van der Waals surface area contributed by atoms with Gasteiger partial charge in [-0.3, -0.25) is 9.72 Å². The highest BCUT2D eigenvalue weighted by molar-refractivity contribution is 6.31. The SMILES string of the molecule is CC(C)(C)C(=N)/C=C(/NC(=O)N[C@H]1CC[C@@H](Oc2ccc3nnc(N4CCCCC4)n3c2)c2ccccc21)Nc1ccc(Cl)c(CO)c1. The van der Waals surface area contributed by atoms with Gasteiger partial charge in [-0.15, -0.1) is 10.2 Å². The van der Waals surface area contributed by atoms with E-state index in [0.29, 0.717) is 40.6 Å². The molecule has 2 aromatic heterocycles. The number of nitrogens with zero attached hydrogens (tertiary/aromatic N) is 4. The number of anilines is 2. The molecule has 2 atom stereocenters. The molecule has 0 saturated carbocycles. The van der Waals surface area contributed by atoms with Crippen LogP contribution in [0.25, 0.3) is 5.65 Å². The number of aliphatic hydroxyl groups excluding tert-OH is 1. The molecule has 0 spiro atoms. The minimum absolute atomic E-state index is 0.190. The summed E-state index contributed by atoms with van der Waals surface area (Å²) in [5.41, 5.74) is 3.87. The van der Waals surface area contributed by atoms with Gasteiger partial charge in [-0.1, -0.05) is 56.6 Å². The molecule has 5 N–H and O–H groups in total. The Labute approximate surface area is 285 Å². The summed E-state index contributed by atoms with van der Waals surface area (Å²) in [6, 6.07) is 16.4. The largest absolute Gasteiger partial charge is 0.484 e. The predicted octanol–water partition coefficient (Wildman–Crippen LogP) is 7.14. The summed E-state index contributed by atoms with van der Waals surface area (Å²) in [6.07, 6.45) is 8.31. The molecule has 2 aliphatic rings. The van der Waals surface area contributed by atoms with Crippen molar-refractivity contribution in [3.05, 3.63) is 94.4 Å². The number of piperidine rings is 1. The van der Waals surface area contributed by atoms with Crippen LogP contribution in [-0.2, 0) is 6.61 Å². The smallest absolute Gasteiger partial charge is 0.320 e. The fourth-order valence-electron chi connectivity index (χ4n) is 6.14. The van der Waals surface area contributed by atoms with Gasteiger partial charge >= 0.3 is 6.03 Å². The second-order valence-corrected chi connectivity index (χ2v) is 13.8. The molecule has 252 valence electrons. The molecule has 1 saturated heterocycles. The number of pyridine rings is 1. The lowest BCUT2D eigenvalue weighted by molar-refractivity contribution is 0.171. The van der Waals surface area contributed by atoms with Crippen molar-refractivity contribution in [2.45, 2.75) is 71.6 Å². The summed E-state index contributed by atoms with van der Waals surface area (Å²) in [7, 11) is 0. The van der Waals surface area contributed by atoms with Crippen LogP contribution in [0.1, 0.15) is 81.7 Å². The van der Waals surface area contributed by atoms with Crippen molar-refractivity contribution in [1.29, 1.82) is 5.41 Å². The van der Waals surface area contributed by atoms with Crippen molar-refractivity contribution >= 4 is 40.6 Å². The Bertz CT molecular complexity index is 1830. The third-order valence-electron chi connectivity index (χ3n) is 8.86. The maximum atomic E-state index is 13.5. The molecule has 0 unspecified atom stereocenters. The molecule has 0 bridgehead atoms. The van der Waals surface area contributed by atoms with Gasteiger partial charge < -0.3 is 30.8 Å². The molecule has 1 aliphatic carbocycles. The number of urea groups is 1. The van der Waals surface area contributed by atoms with Gasteiger partial charge in [0.2, 0.25) is 5.95 Å². The molecule has 4 aromatic rings. The van der Waals surface area contributed by atoms with Gasteiger partial charge in [0, 0.05) is 41.0 Å². The molecule has 48 heavy (non-hydrogen) atoms. The predicted molar refractivity (Wildman–Crippen MR) is 189 cm³/mol. The number of hydrogen-bond acceptors (Lipinski definition) is 8. The highest BCUT2D eigenvalue weighted by Gasteiger charge is 2.30. The summed E-state index contributed by atoms with van der Waals surface area (Å²) in [4.78, 5) is 15.8. The normalized spacial score (nSPS) is 18.3. The molecule has 0 radical (unpaired) electrons. The number of rotatable bonds is 9. The zero-order valence-electron chi connectivity index (χ0n) is 27.6. The summed E-state index contributed by atoms with van der Waals surface area (Å²) >= 11 is 6.19. The Kier molecular flexibility index (Phi) is 9.88. The number of amides is 2. The first-order chi connectivity index (χ1) is 23.1. The highest BCUT2D eigenvalue weighted by atomic mass is 35.5. The monoisotopic (exact) mass is 670 g/mol. The van der Waals surface area contributed by atoms with Crippen LogP contribution in [0.3, 0.4) is 0 Å². The summed E-state index contributed by atoms with van der Waals surface area (Å²) in [5.74, 6) is 1.91. The van der Waals surface area contributed by atoms with Crippen molar-refractivity contribution in [2.75, 3.05) is 23.3 Å². The average molecular weight is 671 g/mol. The van der Waals surface area contributed by atoms with E-state index in [0.717, 1.165) is 54.4 Å². The number of nitrogens with one attached hydrogen (secondary N) is 4. The lowest BCUT2D eigenvalue weighted by atomic mass is 9.85. The number of benzene rings is 2. The molecule has 1 fully saturated rings. The highest BCUT2D eigenvalue weighted by Crippen LogP contribution is 2.39. The average Bonchev–Trinajstić information content (AvgIpc) is 3.50. The number of halogens is 1. The fourth-order valence-corrected chi connectivity index (χ4v) is 6.31. The number of hydrogen-bond donors (Lipinski definition) is 5. The standard InChI is InChI=1S/C36H43ClN8O3/c1-36(2,3)31(38)20-32(39-24-11-13-28(37)23(19-24)22-46)41-34(47)40-29-14-15-30(27-10-6-5-9-26(27)29)48-25-12-16-33-42-43-35(45(33)21-25)44-17-7-4-8-18-44/h5-6,9-13,16,19-21,29-30,38-39,46H,4,7-8,14-15,17-18,22H2,1-3H3,(H2,40,41,47)/b32-20+,38-31?/t29-,30+/m0/s1. The second-order valence-electron chi connectivity index (χ2n) is 13.4. The summed E-state index contributed by atoms with van der Waals surface area (Å²) in [6.45, 7) is 7.53. The third kappa shape index (κ3) is 7.58. The van der Waals surface area contributed by atoms with Crippen LogP contribution in [0.15, 0.2) is 72.7 Å². The zero-order chi connectivity index (χ0) is 33.8. The van der Waals surface area contributed by atoms with Gasteiger partial charge in [-0.2, -0.15) is 0 Å². The quantitative estimate of drug-likeness (QED) is 0.119. The van der Waals surface area contributed by atoms with Gasteiger partial charge in [0.05, 0.1) is 18.8 Å². The molecular weight excluding hydrogens is 628 g/mol. The molecule has 1 aliphatic heterocycles. The lowest BCUT2D eigenvalue weighted by Gasteiger charge is -2.32. The van der Waals surface area contributed by atoms with E-state index in [1.165, 1.54) is 6.42 Å². The molecule has 2 aromatic carbocycles. The molecular formula is C36H43ClN8O3. The fraction of sp³-hybridized carbons (Fsp3) is 0.389.